The molecule has 0 spiro atoms. The van der Waals surface area contributed by atoms with E-state index in [0.29, 0.717) is 28.8 Å². The number of aromatic nitrogens is 2. The summed E-state index contributed by atoms with van der Waals surface area (Å²) in [5, 5.41) is 5.02. The highest BCUT2D eigenvalue weighted by Crippen LogP contribution is 2.23. The molecule has 1 atom stereocenters. The Morgan fingerprint density at radius 3 is 2.66 bits per heavy atom. The zero-order valence-corrected chi connectivity index (χ0v) is 16.8. The maximum Gasteiger partial charge on any atom is 0.344 e. The van der Waals surface area contributed by atoms with Crippen LogP contribution in [0.3, 0.4) is 0 Å². The van der Waals surface area contributed by atoms with Gasteiger partial charge in [0, 0.05) is 17.7 Å². The summed E-state index contributed by atoms with van der Waals surface area (Å²) in [5.74, 6) is 0.568. The van der Waals surface area contributed by atoms with Gasteiger partial charge in [-0.2, -0.15) is 5.10 Å². The van der Waals surface area contributed by atoms with Gasteiger partial charge in [0.15, 0.2) is 0 Å². The number of benzene rings is 2. The molecule has 0 amide bonds. The van der Waals surface area contributed by atoms with E-state index in [-0.39, 0.29) is 6.10 Å². The smallest absolute Gasteiger partial charge is 0.344 e. The van der Waals surface area contributed by atoms with Gasteiger partial charge in [0.25, 0.3) is 0 Å². The largest absolute Gasteiger partial charge is 0.491 e. The van der Waals surface area contributed by atoms with Crippen LogP contribution < -0.4 is 9.47 Å². The number of carbonyl (C=O) groups is 1. The fourth-order valence-electron chi connectivity index (χ4n) is 3.12. The Bertz CT molecular complexity index is 977. The lowest BCUT2D eigenvalue weighted by Gasteiger charge is -2.12. The van der Waals surface area contributed by atoms with E-state index >= 15 is 0 Å². The van der Waals surface area contributed by atoms with E-state index in [4.69, 9.17) is 25.8 Å². The number of rotatable bonds is 6. The molecule has 150 valence electrons. The minimum absolute atomic E-state index is 0.149. The van der Waals surface area contributed by atoms with Crippen LogP contribution in [0, 0.1) is 6.92 Å². The first-order chi connectivity index (χ1) is 14.1. The van der Waals surface area contributed by atoms with E-state index in [9.17, 15) is 4.79 Å². The molecular weight excluding hydrogens is 392 g/mol. The van der Waals surface area contributed by atoms with Crippen LogP contribution in [0.4, 0.5) is 0 Å². The highest BCUT2D eigenvalue weighted by Gasteiger charge is 2.17. The Hall–Kier alpha value is -2.83. The first-order valence-corrected chi connectivity index (χ1v) is 9.85. The predicted molar refractivity (Wildman–Crippen MR) is 109 cm³/mol. The van der Waals surface area contributed by atoms with Crippen LogP contribution in [0.2, 0.25) is 5.02 Å². The molecule has 1 aliphatic rings. The number of carbonyl (C=O) groups excluding carboxylic acids is 1. The zero-order valence-electron chi connectivity index (χ0n) is 16.0. The molecule has 0 radical (unpaired) electrons. The van der Waals surface area contributed by atoms with Gasteiger partial charge in [0.2, 0.25) is 5.88 Å². The van der Waals surface area contributed by atoms with Crippen molar-refractivity contribution < 1.29 is 19.0 Å². The molecule has 6 nitrogen and oxygen atoms in total. The third-order valence-electron chi connectivity index (χ3n) is 4.62. The fourth-order valence-corrected chi connectivity index (χ4v) is 3.25. The molecule has 0 bridgehead atoms. The summed E-state index contributed by atoms with van der Waals surface area (Å²) in [4.78, 5) is 12.6. The van der Waals surface area contributed by atoms with Gasteiger partial charge in [0.05, 0.1) is 23.0 Å². The lowest BCUT2D eigenvalue weighted by Crippen LogP contribution is -2.16. The molecule has 0 unspecified atom stereocenters. The van der Waals surface area contributed by atoms with Crippen LogP contribution in [0.1, 0.15) is 28.9 Å². The zero-order chi connectivity index (χ0) is 20.2. The number of nitrogens with zero attached hydrogens (tertiary/aromatic N) is 2. The summed E-state index contributed by atoms with van der Waals surface area (Å²) < 4.78 is 18.4. The van der Waals surface area contributed by atoms with Crippen LogP contribution in [0.5, 0.6) is 11.6 Å². The van der Waals surface area contributed by atoms with Crippen LogP contribution in [0.15, 0.2) is 54.6 Å². The van der Waals surface area contributed by atoms with Crippen LogP contribution in [0.25, 0.3) is 5.69 Å². The van der Waals surface area contributed by atoms with Crippen LogP contribution in [-0.2, 0) is 4.74 Å². The summed E-state index contributed by atoms with van der Waals surface area (Å²) >= 11 is 5.95. The average Bonchev–Trinajstić information content (AvgIpc) is 3.37. The van der Waals surface area contributed by atoms with Gasteiger partial charge >= 0.3 is 5.97 Å². The Morgan fingerprint density at radius 1 is 1.21 bits per heavy atom. The van der Waals surface area contributed by atoms with Gasteiger partial charge in [-0.1, -0.05) is 11.6 Å². The van der Waals surface area contributed by atoms with Gasteiger partial charge in [0.1, 0.15) is 12.4 Å². The van der Waals surface area contributed by atoms with Crippen molar-refractivity contribution in [1.82, 2.24) is 9.78 Å². The minimum atomic E-state index is -0.467. The standard InChI is InChI=1S/C22H21ClN2O4/c1-15-13-21(25(24-15)18-8-6-17(23)7-9-18)29-22(26)16-4-10-19(11-5-16)28-14-20-3-2-12-27-20/h4-11,13,20H,2-3,12,14H2,1H3/t20-/m1/s1. The first kappa shape index (κ1) is 19.5. The number of hydrogen-bond donors (Lipinski definition) is 0. The monoisotopic (exact) mass is 412 g/mol. The second kappa shape index (κ2) is 8.68. The molecule has 1 aromatic heterocycles. The Balaban J connectivity index is 1.43. The van der Waals surface area contributed by atoms with E-state index in [2.05, 4.69) is 5.10 Å². The topological polar surface area (TPSA) is 62.6 Å². The molecule has 2 aromatic carbocycles. The Labute approximate surface area is 174 Å². The summed E-state index contributed by atoms with van der Waals surface area (Å²) in [5.41, 5.74) is 1.92. The highest BCUT2D eigenvalue weighted by molar-refractivity contribution is 6.30. The number of hydrogen-bond acceptors (Lipinski definition) is 5. The summed E-state index contributed by atoms with van der Waals surface area (Å²) in [7, 11) is 0. The average molecular weight is 413 g/mol. The molecule has 29 heavy (non-hydrogen) atoms. The number of halogens is 1. The minimum Gasteiger partial charge on any atom is -0.491 e. The molecule has 0 saturated carbocycles. The van der Waals surface area contributed by atoms with Gasteiger partial charge in [-0.25, -0.2) is 9.48 Å². The molecular formula is C22H21ClN2O4. The molecule has 4 rings (SSSR count). The lowest BCUT2D eigenvalue weighted by atomic mass is 10.2. The number of esters is 1. The van der Waals surface area contributed by atoms with Crippen molar-refractivity contribution in [3.63, 3.8) is 0 Å². The third-order valence-corrected chi connectivity index (χ3v) is 4.87. The fraction of sp³-hybridized carbons (Fsp3) is 0.273. The normalized spacial score (nSPS) is 16.0. The van der Waals surface area contributed by atoms with E-state index in [1.54, 1.807) is 47.1 Å². The molecule has 1 aliphatic heterocycles. The molecule has 1 saturated heterocycles. The van der Waals surface area contributed by atoms with Crippen molar-refractivity contribution in [3.05, 3.63) is 70.9 Å². The van der Waals surface area contributed by atoms with Crippen molar-refractivity contribution in [2.45, 2.75) is 25.9 Å². The van der Waals surface area contributed by atoms with Gasteiger partial charge in [-0.3, -0.25) is 0 Å². The lowest BCUT2D eigenvalue weighted by molar-refractivity contribution is 0.0677. The number of ether oxygens (including phenoxy) is 3. The second-order valence-electron chi connectivity index (χ2n) is 6.87. The third kappa shape index (κ3) is 4.78. The quantitative estimate of drug-likeness (QED) is 0.553. The molecule has 0 N–H and O–H groups in total. The first-order valence-electron chi connectivity index (χ1n) is 9.48. The SMILES string of the molecule is Cc1cc(OC(=O)c2ccc(OC[C@H]3CCCO3)cc2)n(-c2ccc(Cl)cc2)n1. The molecule has 2 heterocycles. The Morgan fingerprint density at radius 2 is 1.97 bits per heavy atom. The molecule has 0 aliphatic carbocycles. The van der Waals surface area contributed by atoms with Crippen molar-refractivity contribution in [3.8, 4) is 17.3 Å². The molecule has 7 heteroatoms. The van der Waals surface area contributed by atoms with Gasteiger partial charge in [-0.05, 0) is 68.3 Å². The van der Waals surface area contributed by atoms with Gasteiger partial charge < -0.3 is 14.2 Å². The maximum absolute atomic E-state index is 12.6. The summed E-state index contributed by atoms with van der Waals surface area (Å²) in [6.45, 7) is 3.15. The van der Waals surface area contributed by atoms with Crippen molar-refractivity contribution in [2.75, 3.05) is 13.2 Å². The molecule has 1 fully saturated rings. The summed E-state index contributed by atoms with van der Waals surface area (Å²) in [6.07, 6.45) is 2.24. The summed E-state index contributed by atoms with van der Waals surface area (Å²) in [6, 6.07) is 15.7. The van der Waals surface area contributed by atoms with Crippen molar-refractivity contribution in [1.29, 1.82) is 0 Å². The Kier molecular flexibility index (Phi) is 5.83. The van der Waals surface area contributed by atoms with Crippen LogP contribution >= 0.6 is 11.6 Å². The number of aryl methyl sites for hydroxylation is 1. The van der Waals surface area contributed by atoms with Crippen LogP contribution in [-0.4, -0.2) is 35.1 Å². The van der Waals surface area contributed by atoms with Crippen molar-refractivity contribution in [2.24, 2.45) is 0 Å². The second-order valence-corrected chi connectivity index (χ2v) is 7.31. The highest BCUT2D eigenvalue weighted by atomic mass is 35.5. The molecule has 3 aromatic rings. The van der Waals surface area contributed by atoms with Gasteiger partial charge in [-0.15, -0.1) is 0 Å². The van der Waals surface area contributed by atoms with E-state index in [0.717, 1.165) is 30.8 Å². The van der Waals surface area contributed by atoms with E-state index < -0.39 is 5.97 Å². The predicted octanol–water partition coefficient (Wildman–Crippen LogP) is 4.61. The van der Waals surface area contributed by atoms with E-state index in [1.807, 2.05) is 19.1 Å². The van der Waals surface area contributed by atoms with Crippen molar-refractivity contribution >= 4 is 17.6 Å². The van der Waals surface area contributed by atoms with E-state index in [1.165, 1.54) is 0 Å². The maximum atomic E-state index is 12.6.